The first-order chi connectivity index (χ1) is 14.3. The van der Waals surface area contributed by atoms with Gasteiger partial charge in [0.05, 0.1) is 14.2 Å². The third-order valence-corrected chi connectivity index (χ3v) is 4.47. The fraction of sp³-hybridized carbons (Fsp3) is 0.227. The molecule has 30 heavy (non-hydrogen) atoms. The van der Waals surface area contributed by atoms with E-state index in [2.05, 4.69) is 20.7 Å². The zero-order chi connectivity index (χ0) is 22.3. The van der Waals surface area contributed by atoms with Crippen LogP contribution in [-0.2, 0) is 14.3 Å². The number of halogens is 1. The van der Waals surface area contributed by atoms with Crippen molar-refractivity contribution in [1.29, 1.82) is 5.26 Å². The lowest BCUT2D eigenvalue weighted by Crippen LogP contribution is -2.18. The van der Waals surface area contributed by atoms with Crippen LogP contribution in [0.25, 0.3) is 6.08 Å². The summed E-state index contributed by atoms with van der Waals surface area (Å²) in [5.41, 5.74) is 2.12. The van der Waals surface area contributed by atoms with Crippen LogP contribution < -0.4 is 14.2 Å². The van der Waals surface area contributed by atoms with Crippen molar-refractivity contribution >= 4 is 33.9 Å². The molecule has 0 aliphatic carbocycles. The summed E-state index contributed by atoms with van der Waals surface area (Å²) in [6.45, 7) is 3.49. The monoisotopic (exact) mass is 473 g/mol. The smallest absolute Gasteiger partial charge is 0.349 e. The van der Waals surface area contributed by atoms with E-state index in [1.54, 1.807) is 12.1 Å². The van der Waals surface area contributed by atoms with Crippen molar-refractivity contribution in [2.45, 2.75) is 13.8 Å². The van der Waals surface area contributed by atoms with Crippen molar-refractivity contribution in [3.8, 4) is 23.3 Å². The molecule has 0 atom stereocenters. The van der Waals surface area contributed by atoms with Crippen LogP contribution in [0, 0.1) is 25.2 Å². The van der Waals surface area contributed by atoms with Gasteiger partial charge in [0, 0.05) is 4.47 Å². The van der Waals surface area contributed by atoms with Gasteiger partial charge in [-0.2, -0.15) is 5.26 Å². The van der Waals surface area contributed by atoms with Crippen LogP contribution in [0.15, 0.2) is 40.4 Å². The summed E-state index contributed by atoms with van der Waals surface area (Å²) in [6.07, 6.45) is 1.35. The number of rotatable bonds is 7. The number of ether oxygens (including phenoxy) is 4. The van der Waals surface area contributed by atoms with Gasteiger partial charge in [0.25, 0.3) is 0 Å². The number of hydrogen-bond donors (Lipinski definition) is 0. The Balaban J connectivity index is 2.13. The van der Waals surface area contributed by atoms with Crippen LogP contribution in [0.4, 0.5) is 0 Å². The Labute approximate surface area is 182 Å². The lowest BCUT2D eigenvalue weighted by Gasteiger charge is -2.13. The van der Waals surface area contributed by atoms with E-state index in [0.717, 1.165) is 15.6 Å². The minimum atomic E-state index is -0.748. The fourth-order valence-electron chi connectivity index (χ4n) is 2.68. The van der Waals surface area contributed by atoms with Crippen molar-refractivity contribution in [1.82, 2.24) is 0 Å². The molecule has 2 aromatic rings. The molecule has 0 saturated heterocycles. The zero-order valence-electron chi connectivity index (χ0n) is 16.9. The average molecular weight is 474 g/mol. The van der Waals surface area contributed by atoms with Crippen LogP contribution in [0.2, 0.25) is 0 Å². The Bertz CT molecular complexity index is 1020. The highest BCUT2D eigenvalue weighted by Crippen LogP contribution is 2.30. The highest BCUT2D eigenvalue weighted by molar-refractivity contribution is 9.10. The number of carbonyl (C=O) groups excluding carboxylic acids is 2. The number of methoxy groups -OCH3 is 2. The van der Waals surface area contributed by atoms with Gasteiger partial charge in [-0.25, -0.2) is 9.59 Å². The summed E-state index contributed by atoms with van der Waals surface area (Å²) >= 11 is 3.42. The molecular weight excluding hydrogens is 454 g/mol. The largest absolute Gasteiger partial charge is 0.493 e. The van der Waals surface area contributed by atoms with Gasteiger partial charge >= 0.3 is 11.9 Å². The van der Waals surface area contributed by atoms with Crippen LogP contribution in [-0.4, -0.2) is 32.8 Å². The number of nitrogens with zero attached hydrogens (tertiary/aromatic N) is 1. The molecule has 156 valence electrons. The number of aryl methyl sites for hydroxylation is 2. The Morgan fingerprint density at radius 2 is 1.77 bits per heavy atom. The molecule has 0 aliphatic rings. The third-order valence-electron chi connectivity index (χ3n) is 4.01. The number of benzene rings is 2. The molecule has 2 rings (SSSR count). The predicted octanol–water partition coefficient (Wildman–Crippen LogP) is 4.14. The number of esters is 2. The van der Waals surface area contributed by atoms with Gasteiger partial charge in [0.15, 0.2) is 18.1 Å². The van der Waals surface area contributed by atoms with Crippen molar-refractivity contribution in [3.63, 3.8) is 0 Å². The van der Waals surface area contributed by atoms with Gasteiger partial charge in [-0.15, -0.1) is 0 Å². The maximum absolute atomic E-state index is 12.3. The Morgan fingerprint density at radius 1 is 1.10 bits per heavy atom. The van der Waals surface area contributed by atoms with Gasteiger partial charge in [0.1, 0.15) is 17.4 Å². The molecule has 0 aromatic heterocycles. The molecule has 2 aromatic carbocycles. The predicted molar refractivity (Wildman–Crippen MR) is 113 cm³/mol. The van der Waals surface area contributed by atoms with Crippen LogP contribution >= 0.6 is 15.9 Å². The Hall–Kier alpha value is -3.31. The summed E-state index contributed by atoms with van der Waals surface area (Å²) in [5.74, 6) is -0.290. The topological polar surface area (TPSA) is 94.9 Å². The van der Waals surface area contributed by atoms with E-state index in [0.29, 0.717) is 11.3 Å². The van der Waals surface area contributed by atoms with E-state index in [4.69, 9.17) is 19.5 Å². The molecule has 7 nitrogen and oxygen atoms in total. The standard InChI is InChI=1S/C22H20BrNO6/c1-13-7-17(23)8-14(2)21(13)29-12-20(25)30-18-6-5-15(10-19(18)27-3)9-16(11-24)22(26)28-4/h5-10H,12H2,1-4H3/b16-9+. The maximum Gasteiger partial charge on any atom is 0.349 e. The van der Waals surface area contributed by atoms with Gasteiger partial charge in [0.2, 0.25) is 0 Å². The second-order valence-electron chi connectivity index (χ2n) is 6.20. The van der Waals surface area contributed by atoms with Gasteiger partial charge in [-0.05, 0) is 60.9 Å². The van der Waals surface area contributed by atoms with E-state index in [-0.39, 0.29) is 23.7 Å². The number of nitriles is 1. The highest BCUT2D eigenvalue weighted by Gasteiger charge is 2.14. The number of hydrogen-bond acceptors (Lipinski definition) is 7. The second-order valence-corrected chi connectivity index (χ2v) is 7.12. The van der Waals surface area contributed by atoms with E-state index in [1.807, 2.05) is 26.0 Å². The summed E-state index contributed by atoms with van der Waals surface area (Å²) in [7, 11) is 2.60. The van der Waals surface area contributed by atoms with Crippen LogP contribution in [0.3, 0.4) is 0 Å². The van der Waals surface area contributed by atoms with Gasteiger partial charge in [-0.3, -0.25) is 0 Å². The Morgan fingerprint density at radius 3 is 2.33 bits per heavy atom. The molecule has 0 aliphatic heterocycles. The summed E-state index contributed by atoms with van der Waals surface area (Å²) in [6, 6.07) is 10.2. The van der Waals surface area contributed by atoms with Gasteiger partial charge in [-0.1, -0.05) is 22.0 Å². The van der Waals surface area contributed by atoms with E-state index >= 15 is 0 Å². The average Bonchev–Trinajstić information content (AvgIpc) is 2.71. The maximum atomic E-state index is 12.3. The number of carbonyl (C=O) groups is 2. The summed E-state index contributed by atoms with van der Waals surface area (Å²) in [4.78, 5) is 23.8. The van der Waals surface area contributed by atoms with Crippen molar-refractivity contribution in [2.75, 3.05) is 20.8 Å². The first-order valence-corrected chi connectivity index (χ1v) is 9.56. The summed E-state index contributed by atoms with van der Waals surface area (Å²) < 4.78 is 21.7. The molecule has 0 N–H and O–H groups in total. The molecule has 0 spiro atoms. The molecule has 0 heterocycles. The normalized spacial score (nSPS) is 10.7. The molecule has 0 fully saturated rings. The van der Waals surface area contributed by atoms with Crippen molar-refractivity contribution in [2.24, 2.45) is 0 Å². The van der Waals surface area contributed by atoms with E-state index < -0.39 is 11.9 Å². The summed E-state index contributed by atoms with van der Waals surface area (Å²) in [5, 5.41) is 9.06. The molecule has 0 saturated carbocycles. The van der Waals surface area contributed by atoms with Crippen molar-refractivity contribution < 1.29 is 28.5 Å². The molecule has 0 bridgehead atoms. The van der Waals surface area contributed by atoms with E-state index in [9.17, 15) is 9.59 Å². The van der Waals surface area contributed by atoms with Gasteiger partial charge < -0.3 is 18.9 Å². The molecule has 0 radical (unpaired) electrons. The van der Waals surface area contributed by atoms with Crippen LogP contribution in [0.1, 0.15) is 16.7 Å². The Kier molecular flexibility index (Phi) is 8.01. The minimum absolute atomic E-state index is 0.169. The zero-order valence-corrected chi connectivity index (χ0v) is 18.5. The lowest BCUT2D eigenvalue weighted by molar-refractivity contribution is -0.137. The lowest BCUT2D eigenvalue weighted by atomic mass is 10.1. The van der Waals surface area contributed by atoms with Crippen molar-refractivity contribution in [3.05, 3.63) is 57.1 Å². The second kappa shape index (κ2) is 10.5. The first-order valence-electron chi connectivity index (χ1n) is 8.77. The highest BCUT2D eigenvalue weighted by atomic mass is 79.9. The fourth-order valence-corrected chi connectivity index (χ4v) is 3.37. The van der Waals surface area contributed by atoms with E-state index in [1.165, 1.54) is 32.4 Å². The minimum Gasteiger partial charge on any atom is -0.493 e. The first kappa shape index (κ1) is 23.0. The molecule has 0 amide bonds. The third kappa shape index (κ3) is 5.84. The van der Waals surface area contributed by atoms with Crippen LogP contribution in [0.5, 0.6) is 17.2 Å². The quantitative estimate of drug-likeness (QED) is 0.258. The molecular formula is C22H20BrNO6. The molecule has 0 unspecified atom stereocenters. The SMILES string of the molecule is COC(=O)/C(C#N)=C/c1ccc(OC(=O)COc2c(C)cc(Br)cc2C)c(OC)c1. The molecule has 8 heteroatoms.